The van der Waals surface area contributed by atoms with Crippen molar-refractivity contribution in [2.24, 2.45) is 0 Å². The summed E-state index contributed by atoms with van der Waals surface area (Å²) in [4.78, 5) is 35.1. The molecule has 0 aromatic rings. The van der Waals surface area contributed by atoms with Gasteiger partial charge in [-0.1, -0.05) is 129 Å². The minimum absolute atomic E-state index is 0.0263. The maximum Gasteiger partial charge on any atom is 0.472 e. The van der Waals surface area contributed by atoms with Crippen molar-refractivity contribution in [3.05, 3.63) is 0 Å². The van der Waals surface area contributed by atoms with Gasteiger partial charge in [-0.2, -0.15) is 0 Å². The molecule has 0 saturated heterocycles. The van der Waals surface area contributed by atoms with Gasteiger partial charge in [0.1, 0.15) is 19.8 Å². The first-order chi connectivity index (χ1) is 22.5. The van der Waals surface area contributed by atoms with Gasteiger partial charge in [0.15, 0.2) is 6.10 Å². The lowest BCUT2D eigenvalue weighted by atomic mass is 10.0. The van der Waals surface area contributed by atoms with Gasteiger partial charge >= 0.3 is 19.8 Å². The van der Waals surface area contributed by atoms with E-state index in [4.69, 9.17) is 23.6 Å². The molecule has 0 rings (SSSR count). The summed E-state index contributed by atoms with van der Waals surface area (Å²) < 4.78 is 34.0. The third-order valence-electron chi connectivity index (χ3n) is 8.19. The summed E-state index contributed by atoms with van der Waals surface area (Å²) in [5, 5.41) is 8.84. The molecule has 0 aliphatic carbocycles. The Morgan fingerprint density at radius 2 is 1.04 bits per heavy atom. The standard InChI is InChI=1S/C36H72NO9P/c1-5-6-7-8-9-10-11-12-13-15-18-21-24-27-35(39)43-32-34(33-45-47(41,42)44-31-29-37(2,3)4)46-36(40)28-25-22-19-16-14-17-20-23-26-30-38/h34,38H,5-33H2,1-4H3/p+1/t34-/m1/s1. The van der Waals surface area contributed by atoms with Gasteiger partial charge in [0, 0.05) is 19.4 Å². The van der Waals surface area contributed by atoms with Crippen LogP contribution in [0.3, 0.4) is 0 Å². The monoisotopic (exact) mass is 695 g/mol. The maximum atomic E-state index is 12.5. The molecule has 2 N–H and O–H groups in total. The summed E-state index contributed by atoms with van der Waals surface area (Å²) in [5.41, 5.74) is 0. The molecule has 280 valence electrons. The number of esters is 2. The molecule has 0 aliphatic heterocycles. The minimum Gasteiger partial charge on any atom is -0.462 e. The van der Waals surface area contributed by atoms with Crippen LogP contribution in [0.4, 0.5) is 0 Å². The molecule has 0 amide bonds. The number of rotatable bonds is 35. The molecular formula is C36H73NO9P+. The van der Waals surface area contributed by atoms with Gasteiger partial charge in [-0.15, -0.1) is 0 Å². The van der Waals surface area contributed by atoms with Crippen LogP contribution in [-0.4, -0.2) is 86.6 Å². The van der Waals surface area contributed by atoms with Crippen molar-refractivity contribution in [3.8, 4) is 0 Å². The highest BCUT2D eigenvalue weighted by Crippen LogP contribution is 2.43. The third-order valence-corrected chi connectivity index (χ3v) is 9.18. The Kier molecular flexibility index (Phi) is 30.3. The normalized spacial score (nSPS) is 13.7. The Bertz CT molecular complexity index is 791. The van der Waals surface area contributed by atoms with Crippen molar-refractivity contribution in [2.75, 3.05) is 54.1 Å². The van der Waals surface area contributed by atoms with Gasteiger partial charge in [-0.05, 0) is 19.3 Å². The SMILES string of the molecule is CCCCCCCCCCCCCCCC(=O)OC[C@H](COP(=O)(O)OCC[N+](C)(C)C)OC(=O)CCCCCCCCCCCO. The van der Waals surface area contributed by atoms with Crippen LogP contribution in [0.2, 0.25) is 0 Å². The van der Waals surface area contributed by atoms with Crippen molar-refractivity contribution < 1.29 is 47.2 Å². The van der Waals surface area contributed by atoms with Gasteiger partial charge in [0.25, 0.3) is 0 Å². The van der Waals surface area contributed by atoms with Crippen LogP contribution in [0.25, 0.3) is 0 Å². The molecule has 10 nitrogen and oxygen atoms in total. The number of unbranched alkanes of at least 4 members (excludes halogenated alkanes) is 20. The average molecular weight is 695 g/mol. The van der Waals surface area contributed by atoms with Gasteiger partial charge in [-0.25, -0.2) is 4.57 Å². The number of phosphoric ester groups is 1. The van der Waals surface area contributed by atoms with E-state index in [1.165, 1.54) is 64.2 Å². The van der Waals surface area contributed by atoms with Crippen LogP contribution in [0.15, 0.2) is 0 Å². The lowest BCUT2D eigenvalue weighted by molar-refractivity contribution is -0.870. The number of aliphatic hydroxyl groups excluding tert-OH is 1. The molecule has 0 fully saturated rings. The van der Waals surface area contributed by atoms with Crippen molar-refractivity contribution in [1.82, 2.24) is 0 Å². The first-order valence-corrected chi connectivity index (χ1v) is 20.4. The number of phosphoric acid groups is 1. The molecule has 0 radical (unpaired) electrons. The maximum absolute atomic E-state index is 12.5. The molecule has 0 aliphatic rings. The van der Waals surface area contributed by atoms with Gasteiger partial charge in [0.2, 0.25) is 0 Å². The van der Waals surface area contributed by atoms with E-state index in [1.54, 1.807) is 0 Å². The number of carbonyl (C=O) groups is 2. The first-order valence-electron chi connectivity index (χ1n) is 18.9. The van der Waals surface area contributed by atoms with Gasteiger partial charge in [-0.3, -0.25) is 18.6 Å². The van der Waals surface area contributed by atoms with Crippen LogP contribution < -0.4 is 0 Å². The molecule has 47 heavy (non-hydrogen) atoms. The highest BCUT2D eigenvalue weighted by atomic mass is 31.2. The molecule has 2 atom stereocenters. The lowest BCUT2D eigenvalue weighted by Gasteiger charge is -2.24. The van der Waals surface area contributed by atoms with Crippen LogP contribution in [0.1, 0.15) is 161 Å². The number of likely N-dealkylation sites (N-methyl/N-ethyl adjacent to an activating group) is 1. The number of quaternary nitrogens is 1. The van der Waals surface area contributed by atoms with E-state index in [9.17, 15) is 19.0 Å². The predicted octanol–water partition coefficient (Wildman–Crippen LogP) is 8.66. The molecule has 1 unspecified atom stereocenters. The van der Waals surface area contributed by atoms with Gasteiger partial charge < -0.3 is 24.0 Å². The van der Waals surface area contributed by atoms with E-state index >= 15 is 0 Å². The number of hydrogen-bond donors (Lipinski definition) is 2. The summed E-state index contributed by atoms with van der Waals surface area (Å²) >= 11 is 0. The zero-order valence-electron chi connectivity index (χ0n) is 30.7. The van der Waals surface area contributed by atoms with Crippen molar-refractivity contribution in [1.29, 1.82) is 0 Å². The minimum atomic E-state index is -4.37. The van der Waals surface area contributed by atoms with E-state index in [2.05, 4.69) is 6.92 Å². The fraction of sp³-hybridized carbons (Fsp3) is 0.944. The second kappa shape index (κ2) is 31.0. The number of aliphatic hydroxyl groups is 1. The Morgan fingerprint density at radius 3 is 1.49 bits per heavy atom. The third kappa shape index (κ3) is 34.6. The first kappa shape index (κ1) is 46.0. The largest absolute Gasteiger partial charge is 0.472 e. The summed E-state index contributed by atoms with van der Waals surface area (Å²) in [6.45, 7) is 2.39. The average Bonchev–Trinajstić information content (AvgIpc) is 3.01. The second-order valence-electron chi connectivity index (χ2n) is 14.1. The Hall–Kier alpha value is -1.03. The van der Waals surface area contributed by atoms with Gasteiger partial charge in [0.05, 0.1) is 27.7 Å². The molecular weight excluding hydrogens is 621 g/mol. The molecule has 0 bridgehead atoms. The van der Waals surface area contributed by atoms with E-state index in [-0.39, 0.29) is 38.6 Å². The fourth-order valence-electron chi connectivity index (χ4n) is 5.17. The summed E-state index contributed by atoms with van der Waals surface area (Å²) in [6, 6.07) is 0. The molecule has 0 spiro atoms. The predicted molar refractivity (Wildman–Crippen MR) is 189 cm³/mol. The molecule has 11 heteroatoms. The van der Waals surface area contributed by atoms with Crippen LogP contribution in [-0.2, 0) is 32.7 Å². The van der Waals surface area contributed by atoms with Crippen LogP contribution in [0.5, 0.6) is 0 Å². The van der Waals surface area contributed by atoms with E-state index in [1.807, 2.05) is 21.1 Å². The van der Waals surface area contributed by atoms with Crippen molar-refractivity contribution in [3.63, 3.8) is 0 Å². The fourth-order valence-corrected chi connectivity index (χ4v) is 5.91. The quantitative estimate of drug-likeness (QED) is 0.0290. The highest BCUT2D eigenvalue weighted by molar-refractivity contribution is 7.47. The van der Waals surface area contributed by atoms with Crippen LogP contribution in [0, 0.1) is 0 Å². The number of hydrogen-bond acceptors (Lipinski definition) is 8. The molecule has 0 aromatic heterocycles. The summed E-state index contributed by atoms with van der Waals surface area (Å²) in [6.07, 6.45) is 24.5. The Balaban J connectivity index is 4.40. The van der Waals surface area contributed by atoms with Crippen LogP contribution >= 0.6 is 7.82 Å². The number of carbonyl (C=O) groups excluding carboxylic acids is 2. The van der Waals surface area contributed by atoms with E-state index < -0.39 is 26.5 Å². The van der Waals surface area contributed by atoms with E-state index in [0.717, 1.165) is 70.6 Å². The zero-order chi connectivity index (χ0) is 35.1. The molecule has 0 saturated carbocycles. The lowest BCUT2D eigenvalue weighted by Crippen LogP contribution is -2.37. The van der Waals surface area contributed by atoms with Crippen molar-refractivity contribution in [2.45, 2.75) is 167 Å². The topological polar surface area (TPSA) is 129 Å². The number of nitrogens with zero attached hydrogens (tertiary/aromatic N) is 1. The zero-order valence-corrected chi connectivity index (χ0v) is 31.6. The Morgan fingerprint density at radius 1 is 0.617 bits per heavy atom. The number of ether oxygens (including phenoxy) is 2. The smallest absolute Gasteiger partial charge is 0.462 e. The van der Waals surface area contributed by atoms with Crippen molar-refractivity contribution >= 4 is 19.8 Å². The van der Waals surface area contributed by atoms with E-state index in [0.29, 0.717) is 17.4 Å². The Labute approximate surface area is 287 Å². The summed E-state index contributed by atoms with van der Waals surface area (Å²) in [5.74, 6) is -0.828. The summed E-state index contributed by atoms with van der Waals surface area (Å²) in [7, 11) is 1.45. The molecule has 0 heterocycles. The second-order valence-corrected chi connectivity index (χ2v) is 15.5. The highest BCUT2D eigenvalue weighted by Gasteiger charge is 2.27. The molecule has 0 aromatic carbocycles.